The molecule has 1 nitrogen and oxygen atoms in total. The Morgan fingerprint density at radius 1 is 0.879 bits per heavy atom. The Morgan fingerprint density at radius 2 is 1.52 bits per heavy atom. The van der Waals surface area contributed by atoms with Gasteiger partial charge in [-0.2, -0.15) is 0 Å². The van der Waals surface area contributed by atoms with Gasteiger partial charge in [0.2, 0.25) is 0 Å². The molecular weight excluding hydrogens is 414 g/mol. The maximum Gasteiger partial charge on any atom is 0.167 e. The third-order valence-electron chi connectivity index (χ3n) is 8.43. The van der Waals surface area contributed by atoms with E-state index in [4.69, 9.17) is 4.74 Å². The van der Waals surface area contributed by atoms with Crippen molar-refractivity contribution in [2.45, 2.75) is 84.0 Å². The van der Waals surface area contributed by atoms with Gasteiger partial charge in [0.1, 0.15) is 5.75 Å². The maximum absolute atomic E-state index is 14.8. The van der Waals surface area contributed by atoms with Crippen molar-refractivity contribution < 1.29 is 13.5 Å². The fraction of sp³-hybridized carbons (Fsp3) is 0.600. The topological polar surface area (TPSA) is 9.23 Å². The van der Waals surface area contributed by atoms with Crippen LogP contribution in [-0.4, -0.2) is 6.61 Å². The summed E-state index contributed by atoms with van der Waals surface area (Å²) >= 11 is 0. The number of allylic oxidation sites excluding steroid dienone is 1. The summed E-state index contributed by atoms with van der Waals surface area (Å²) in [6.45, 7) is 6.25. The van der Waals surface area contributed by atoms with Crippen LogP contribution >= 0.6 is 0 Å². The molecule has 4 rings (SSSR count). The van der Waals surface area contributed by atoms with Crippen molar-refractivity contribution in [3.8, 4) is 5.75 Å². The van der Waals surface area contributed by atoms with Crippen LogP contribution in [0.2, 0.25) is 0 Å². The minimum absolute atomic E-state index is 0.307. The second kappa shape index (κ2) is 11.5. The van der Waals surface area contributed by atoms with Crippen molar-refractivity contribution in [1.29, 1.82) is 0 Å². The number of halogens is 2. The second-order valence-corrected chi connectivity index (χ2v) is 10.4. The summed E-state index contributed by atoms with van der Waals surface area (Å²) in [6.07, 6.45) is 16.9. The van der Waals surface area contributed by atoms with Crippen molar-refractivity contribution in [2.75, 3.05) is 6.61 Å². The third kappa shape index (κ3) is 5.97. The molecule has 0 atom stereocenters. The smallest absolute Gasteiger partial charge is 0.167 e. The van der Waals surface area contributed by atoms with Gasteiger partial charge in [-0.05, 0) is 111 Å². The van der Waals surface area contributed by atoms with Crippen molar-refractivity contribution in [3.63, 3.8) is 0 Å². The molecule has 0 aliphatic heterocycles. The number of aryl methyl sites for hydroxylation is 1. The summed E-state index contributed by atoms with van der Waals surface area (Å²) in [4.78, 5) is 0. The Kier molecular flexibility index (Phi) is 8.44. The van der Waals surface area contributed by atoms with Gasteiger partial charge in [0, 0.05) is 5.39 Å². The Hall–Kier alpha value is -1.90. The Bertz CT molecular complexity index is 921. The van der Waals surface area contributed by atoms with Crippen LogP contribution in [0.5, 0.6) is 5.75 Å². The quantitative estimate of drug-likeness (QED) is 0.343. The first-order chi connectivity index (χ1) is 16.1. The molecule has 0 N–H and O–H groups in total. The van der Waals surface area contributed by atoms with E-state index in [1.807, 2.05) is 25.1 Å². The van der Waals surface area contributed by atoms with Crippen molar-refractivity contribution in [2.24, 2.45) is 23.7 Å². The first kappa shape index (κ1) is 24.2. The predicted octanol–water partition coefficient (Wildman–Crippen LogP) is 9.03. The minimum atomic E-state index is -0.739. The molecule has 0 bridgehead atoms. The number of ether oxygens (including phenoxy) is 1. The molecule has 2 aliphatic rings. The zero-order valence-corrected chi connectivity index (χ0v) is 20.3. The highest BCUT2D eigenvalue weighted by Gasteiger charge is 2.30. The van der Waals surface area contributed by atoms with Crippen LogP contribution in [0.1, 0.15) is 83.1 Å². The van der Waals surface area contributed by atoms with Gasteiger partial charge in [0.05, 0.1) is 6.61 Å². The summed E-state index contributed by atoms with van der Waals surface area (Å²) in [7, 11) is 0. The van der Waals surface area contributed by atoms with Crippen molar-refractivity contribution >= 4 is 10.8 Å². The Balaban J connectivity index is 1.28. The van der Waals surface area contributed by atoms with Gasteiger partial charge in [-0.25, -0.2) is 8.78 Å². The molecule has 0 radical (unpaired) electrons. The fourth-order valence-corrected chi connectivity index (χ4v) is 6.41. The minimum Gasteiger partial charge on any atom is -0.494 e. The molecule has 0 spiro atoms. The first-order valence-corrected chi connectivity index (χ1v) is 13.2. The highest BCUT2D eigenvalue weighted by Crippen LogP contribution is 2.43. The lowest BCUT2D eigenvalue weighted by atomic mass is 9.68. The van der Waals surface area contributed by atoms with Crippen molar-refractivity contribution in [3.05, 3.63) is 54.1 Å². The molecule has 2 aliphatic carbocycles. The van der Waals surface area contributed by atoms with E-state index in [0.29, 0.717) is 35.6 Å². The van der Waals surface area contributed by atoms with Crippen LogP contribution in [0.15, 0.2) is 36.9 Å². The average Bonchev–Trinajstić information content (AvgIpc) is 2.85. The van der Waals surface area contributed by atoms with E-state index in [-0.39, 0.29) is 0 Å². The molecule has 0 saturated heterocycles. The Labute approximate surface area is 198 Å². The van der Waals surface area contributed by atoms with E-state index < -0.39 is 11.6 Å². The molecular formula is C30H40F2O. The summed E-state index contributed by atoms with van der Waals surface area (Å²) < 4.78 is 35.0. The first-order valence-electron chi connectivity index (χ1n) is 13.2. The molecule has 0 amide bonds. The summed E-state index contributed by atoms with van der Waals surface area (Å²) in [5, 5.41) is 1.06. The molecule has 2 aromatic rings. The largest absolute Gasteiger partial charge is 0.494 e. The molecule has 0 heterocycles. The molecule has 3 heteroatoms. The molecule has 0 aromatic heterocycles. The number of benzene rings is 2. The van der Waals surface area contributed by atoms with E-state index in [2.05, 4.69) is 12.7 Å². The van der Waals surface area contributed by atoms with Gasteiger partial charge in [-0.15, -0.1) is 6.58 Å². The van der Waals surface area contributed by atoms with Gasteiger partial charge in [-0.1, -0.05) is 37.8 Å². The number of rotatable bonds is 9. The van der Waals surface area contributed by atoms with Gasteiger partial charge >= 0.3 is 0 Å². The molecule has 2 aromatic carbocycles. The van der Waals surface area contributed by atoms with Gasteiger partial charge in [0.15, 0.2) is 11.6 Å². The number of fused-ring (bicyclic) bond motifs is 1. The van der Waals surface area contributed by atoms with Crippen LogP contribution in [-0.2, 0) is 6.42 Å². The highest BCUT2D eigenvalue weighted by atomic mass is 19.2. The average molecular weight is 455 g/mol. The molecule has 2 fully saturated rings. The molecule has 2 saturated carbocycles. The van der Waals surface area contributed by atoms with E-state index in [1.165, 1.54) is 57.8 Å². The Morgan fingerprint density at radius 3 is 2.12 bits per heavy atom. The van der Waals surface area contributed by atoms with Crippen LogP contribution in [0, 0.1) is 35.3 Å². The zero-order valence-electron chi connectivity index (χ0n) is 20.3. The van der Waals surface area contributed by atoms with E-state index >= 15 is 0 Å². The second-order valence-electron chi connectivity index (χ2n) is 10.4. The van der Waals surface area contributed by atoms with Crippen LogP contribution in [0.4, 0.5) is 8.78 Å². The monoisotopic (exact) mass is 454 g/mol. The van der Waals surface area contributed by atoms with Crippen LogP contribution < -0.4 is 4.74 Å². The number of hydrogen-bond donors (Lipinski definition) is 0. The van der Waals surface area contributed by atoms with E-state index in [1.54, 1.807) is 6.07 Å². The third-order valence-corrected chi connectivity index (χ3v) is 8.43. The molecule has 33 heavy (non-hydrogen) atoms. The van der Waals surface area contributed by atoms with Crippen LogP contribution in [0.3, 0.4) is 0 Å². The van der Waals surface area contributed by atoms with E-state index in [0.717, 1.165) is 36.0 Å². The number of hydrogen-bond acceptors (Lipinski definition) is 1. The maximum atomic E-state index is 14.8. The molecule has 0 unspecified atom stereocenters. The van der Waals surface area contributed by atoms with Crippen LogP contribution in [0.25, 0.3) is 10.8 Å². The van der Waals surface area contributed by atoms with Gasteiger partial charge < -0.3 is 4.74 Å². The SMILES string of the molecule is C=CCCC1CCC(C2CCC(CCc3cc4ccc(OCC)cc4c(F)c3F)CC2)CC1. The zero-order chi connectivity index (χ0) is 23.2. The summed E-state index contributed by atoms with van der Waals surface area (Å²) in [6, 6.07) is 7.11. The predicted molar refractivity (Wildman–Crippen MR) is 134 cm³/mol. The van der Waals surface area contributed by atoms with E-state index in [9.17, 15) is 8.78 Å². The fourth-order valence-electron chi connectivity index (χ4n) is 6.41. The van der Waals surface area contributed by atoms with Gasteiger partial charge in [0.25, 0.3) is 0 Å². The van der Waals surface area contributed by atoms with Gasteiger partial charge in [-0.3, -0.25) is 0 Å². The lowest BCUT2D eigenvalue weighted by Gasteiger charge is -2.38. The lowest BCUT2D eigenvalue weighted by molar-refractivity contribution is 0.141. The molecule has 180 valence electrons. The summed E-state index contributed by atoms with van der Waals surface area (Å²) in [5.74, 6) is 2.52. The standard InChI is InChI=1S/C30H40F2O/c1-3-5-6-21-7-12-23(13-8-21)24-14-9-22(10-15-24)11-16-26-19-25-17-18-27(33-4-2)20-28(25)30(32)29(26)31/h3,17-24H,1,4-16H2,2H3. The highest BCUT2D eigenvalue weighted by molar-refractivity contribution is 5.85. The normalized spacial score (nSPS) is 25.8. The summed E-state index contributed by atoms with van der Waals surface area (Å²) in [5.41, 5.74) is 0.518. The van der Waals surface area contributed by atoms with Crippen molar-refractivity contribution in [1.82, 2.24) is 0 Å². The lowest BCUT2D eigenvalue weighted by Crippen LogP contribution is -2.26.